The summed E-state index contributed by atoms with van der Waals surface area (Å²) in [5.41, 5.74) is 11.1. The largest absolute Gasteiger partial charge is 0.329 e. The molecule has 0 fully saturated rings. The maximum absolute atomic E-state index is 5.69. The average Bonchev–Trinajstić information content (AvgIpc) is 2.34. The van der Waals surface area contributed by atoms with Gasteiger partial charge in [0.25, 0.3) is 0 Å². The molecule has 0 aromatic carbocycles. The quantitative estimate of drug-likeness (QED) is 0.671. The van der Waals surface area contributed by atoms with Gasteiger partial charge in [0.05, 0.1) is 6.04 Å². The number of thiophene rings is 1. The Labute approximate surface area is 64.8 Å². The molecular formula is C7H12N2S. The lowest BCUT2D eigenvalue weighted by molar-refractivity contribution is 0.752. The van der Waals surface area contributed by atoms with Gasteiger partial charge in [0.1, 0.15) is 0 Å². The predicted molar refractivity (Wildman–Crippen MR) is 45.0 cm³/mol. The van der Waals surface area contributed by atoms with Gasteiger partial charge in [-0.3, -0.25) is 0 Å². The molecule has 0 saturated carbocycles. The number of hydrogen-bond donors (Lipinski definition) is 2. The molecule has 1 aromatic rings. The van der Waals surface area contributed by atoms with Gasteiger partial charge < -0.3 is 11.5 Å². The monoisotopic (exact) mass is 156 g/mol. The normalized spacial score (nSPS) is 13.5. The molecule has 1 rings (SSSR count). The van der Waals surface area contributed by atoms with E-state index in [0.29, 0.717) is 6.54 Å². The van der Waals surface area contributed by atoms with Crippen molar-refractivity contribution in [3.05, 3.63) is 21.9 Å². The second-order valence-electron chi connectivity index (χ2n) is 2.29. The summed E-state index contributed by atoms with van der Waals surface area (Å²) in [6.45, 7) is 2.59. The Hall–Kier alpha value is -0.380. The highest BCUT2D eigenvalue weighted by Crippen LogP contribution is 2.19. The summed E-state index contributed by atoms with van der Waals surface area (Å²) >= 11 is 1.72. The fourth-order valence-corrected chi connectivity index (χ4v) is 1.66. The van der Waals surface area contributed by atoms with Crippen LogP contribution in [0.1, 0.15) is 15.8 Å². The fraction of sp³-hybridized carbons (Fsp3) is 0.429. The molecule has 0 spiro atoms. The highest BCUT2D eigenvalue weighted by atomic mass is 32.1. The Balaban J connectivity index is 2.74. The average molecular weight is 156 g/mol. The molecule has 2 nitrogen and oxygen atoms in total. The van der Waals surface area contributed by atoms with Gasteiger partial charge in [0, 0.05) is 16.3 Å². The Bertz CT molecular complexity index is 207. The molecule has 0 unspecified atom stereocenters. The van der Waals surface area contributed by atoms with Crippen LogP contribution in [0.15, 0.2) is 12.1 Å². The van der Waals surface area contributed by atoms with Crippen LogP contribution >= 0.6 is 11.3 Å². The first-order valence-electron chi connectivity index (χ1n) is 3.26. The van der Waals surface area contributed by atoms with Crippen molar-refractivity contribution in [2.45, 2.75) is 13.0 Å². The van der Waals surface area contributed by atoms with Gasteiger partial charge in [-0.05, 0) is 19.1 Å². The van der Waals surface area contributed by atoms with Gasteiger partial charge >= 0.3 is 0 Å². The van der Waals surface area contributed by atoms with E-state index in [2.05, 4.69) is 13.0 Å². The molecule has 3 heteroatoms. The SMILES string of the molecule is Cc1ccc([C@@H](N)CN)s1. The van der Waals surface area contributed by atoms with Crippen molar-refractivity contribution in [1.29, 1.82) is 0 Å². The molecule has 0 aliphatic heterocycles. The zero-order valence-corrected chi connectivity index (χ0v) is 6.82. The third kappa shape index (κ3) is 1.56. The molecular weight excluding hydrogens is 144 g/mol. The molecule has 4 N–H and O–H groups in total. The van der Waals surface area contributed by atoms with Crippen molar-refractivity contribution in [3.63, 3.8) is 0 Å². The van der Waals surface area contributed by atoms with Crippen LogP contribution in [0.4, 0.5) is 0 Å². The summed E-state index contributed by atoms with van der Waals surface area (Å²) in [6, 6.07) is 4.13. The minimum atomic E-state index is 0.0266. The summed E-state index contributed by atoms with van der Waals surface area (Å²) in [5.74, 6) is 0. The zero-order valence-electron chi connectivity index (χ0n) is 6.00. The highest BCUT2D eigenvalue weighted by Gasteiger charge is 2.04. The maximum atomic E-state index is 5.69. The molecule has 0 aliphatic carbocycles. The lowest BCUT2D eigenvalue weighted by Crippen LogP contribution is -2.19. The van der Waals surface area contributed by atoms with Crippen LogP contribution in [-0.4, -0.2) is 6.54 Å². The molecule has 1 heterocycles. The number of nitrogens with two attached hydrogens (primary N) is 2. The van der Waals surface area contributed by atoms with E-state index in [-0.39, 0.29) is 6.04 Å². The summed E-state index contributed by atoms with van der Waals surface area (Å²) in [4.78, 5) is 2.47. The number of aryl methyl sites for hydroxylation is 1. The van der Waals surface area contributed by atoms with Crippen molar-refractivity contribution in [2.75, 3.05) is 6.54 Å². The van der Waals surface area contributed by atoms with Gasteiger partial charge in [-0.2, -0.15) is 0 Å². The highest BCUT2D eigenvalue weighted by molar-refractivity contribution is 7.12. The van der Waals surface area contributed by atoms with Crippen LogP contribution in [0.5, 0.6) is 0 Å². The van der Waals surface area contributed by atoms with Crippen molar-refractivity contribution in [1.82, 2.24) is 0 Å². The Morgan fingerprint density at radius 1 is 1.60 bits per heavy atom. The molecule has 0 amide bonds. The van der Waals surface area contributed by atoms with Crippen molar-refractivity contribution < 1.29 is 0 Å². The van der Waals surface area contributed by atoms with Crippen molar-refractivity contribution in [2.24, 2.45) is 11.5 Å². The van der Waals surface area contributed by atoms with Gasteiger partial charge in [-0.25, -0.2) is 0 Å². The summed E-state index contributed by atoms with van der Waals surface area (Å²) < 4.78 is 0. The summed E-state index contributed by atoms with van der Waals surface area (Å²) in [5, 5.41) is 0. The van der Waals surface area contributed by atoms with Gasteiger partial charge in [0.15, 0.2) is 0 Å². The second-order valence-corrected chi connectivity index (χ2v) is 3.61. The Morgan fingerprint density at radius 2 is 2.30 bits per heavy atom. The van der Waals surface area contributed by atoms with Gasteiger partial charge in [-0.15, -0.1) is 11.3 Å². The smallest absolute Gasteiger partial charge is 0.0514 e. The molecule has 10 heavy (non-hydrogen) atoms. The third-order valence-corrected chi connectivity index (χ3v) is 2.51. The topological polar surface area (TPSA) is 52.0 Å². The van der Waals surface area contributed by atoms with E-state index in [1.54, 1.807) is 11.3 Å². The molecule has 56 valence electrons. The lowest BCUT2D eigenvalue weighted by Gasteiger charge is -2.03. The van der Waals surface area contributed by atoms with E-state index in [1.165, 1.54) is 9.75 Å². The van der Waals surface area contributed by atoms with E-state index in [9.17, 15) is 0 Å². The minimum Gasteiger partial charge on any atom is -0.329 e. The Kier molecular flexibility index (Phi) is 2.43. The first kappa shape index (κ1) is 7.72. The van der Waals surface area contributed by atoms with Crippen LogP contribution in [0.2, 0.25) is 0 Å². The van der Waals surface area contributed by atoms with Crippen LogP contribution in [-0.2, 0) is 0 Å². The molecule has 1 aromatic heterocycles. The lowest BCUT2D eigenvalue weighted by atomic mass is 10.2. The molecule has 0 saturated heterocycles. The van der Waals surface area contributed by atoms with E-state index in [4.69, 9.17) is 11.5 Å². The molecule has 0 aliphatic rings. The third-order valence-electron chi connectivity index (χ3n) is 1.38. The van der Waals surface area contributed by atoms with Gasteiger partial charge in [-0.1, -0.05) is 0 Å². The molecule has 0 bridgehead atoms. The zero-order chi connectivity index (χ0) is 7.56. The first-order chi connectivity index (χ1) is 4.74. The van der Waals surface area contributed by atoms with E-state index >= 15 is 0 Å². The predicted octanol–water partition coefficient (Wildman–Crippen LogP) is 1.02. The van der Waals surface area contributed by atoms with E-state index in [0.717, 1.165) is 0 Å². The van der Waals surface area contributed by atoms with E-state index < -0.39 is 0 Å². The van der Waals surface area contributed by atoms with Crippen LogP contribution in [0, 0.1) is 6.92 Å². The first-order valence-corrected chi connectivity index (χ1v) is 4.07. The van der Waals surface area contributed by atoms with Crippen LogP contribution in [0.25, 0.3) is 0 Å². The van der Waals surface area contributed by atoms with E-state index in [1.807, 2.05) is 6.07 Å². The van der Waals surface area contributed by atoms with Crippen molar-refractivity contribution >= 4 is 11.3 Å². The second kappa shape index (κ2) is 3.14. The standard InChI is InChI=1S/C7H12N2S/c1-5-2-3-7(10-5)6(9)4-8/h2-3,6H,4,8-9H2,1H3/t6-/m0/s1. The van der Waals surface area contributed by atoms with Crippen LogP contribution < -0.4 is 11.5 Å². The van der Waals surface area contributed by atoms with Crippen molar-refractivity contribution in [3.8, 4) is 0 Å². The fourth-order valence-electron chi connectivity index (χ4n) is 0.769. The number of rotatable bonds is 2. The van der Waals surface area contributed by atoms with Crippen LogP contribution in [0.3, 0.4) is 0 Å². The Morgan fingerprint density at radius 3 is 2.70 bits per heavy atom. The summed E-state index contributed by atoms with van der Waals surface area (Å²) in [7, 11) is 0. The minimum absolute atomic E-state index is 0.0266. The summed E-state index contributed by atoms with van der Waals surface area (Å²) in [6.07, 6.45) is 0. The molecule has 0 radical (unpaired) electrons. The molecule has 1 atom stereocenters. The van der Waals surface area contributed by atoms with Gasteiger partial charge in [0.2, 0.25) is 0 Å². The number of hydrogen-bond acceptors (Lipinski definition) is 3. The maximum Gasteiger partial charge on any atom is 0.0514 e.